The van der Waals surface area contributed by atoms with Crippen LogP contribution in [0.1, 0.15) is 26.0 Å². The van der Waals surface area contributed by atoms with Crippen LogP contribution >= 0.6 is 12.2 Å². The summed E-state index contributed by atoms with van der Waals surface area (Å²) in [5.41, 5.74) is 5.86. The van der Waals surface area contributed by atoms with E-state index in [4.69, 9.17) is 18.0 Å². The molecule has 0 radical (unpaired) electrons. The van der Waals surface area contributed by atoms with E-state index in [2.05, 4.69) is 23.6 Å². The minimum absolute atomic E-state index is 0.0206. The monoisotopic (exact) mass is 299 g/mol. The minimum atomic E-state index is -3.62. The molecule has 0 amide bonds. The molecule has 1 aromatic heterocycles. The smallest absolute Gasteiger partial charge is 0.242 e. The quantitative estimate of drug-likeness (QED) is 0.794. The predicted molar refractivity (Wildman–Crippen MR) is 77.2 cm³/mol. The minimum Gasteiger partial charge on any atom is -0.388 e. The molecule has 1 aliphatic rings. The molecule has 0 aliphatic heterocycles. The number of aromatic nitrogens is 1. The summed E-state index contributed by atoms with van der Waals surface area (Å²) in [4.78, 5) is 3.95. The maximum atomic E-state index is 12.2. The Kier molecular flexibility index (Phi) is 3.63. The van der Waals surface area contributed by atoms with Gasteiger partial charge in [-0.05, 0) is 29.9 Å². The lowest BCUT2D eigenvalue weighted by Gasteiger charge is -2.10. The summed E-state index contributed by atoms with van der Waals surface area (Å²) in [5.74, 6) is 0.382. The van der Waals surface area contributed by atoms with Gasteiger partial charge in [0, 0.05) is 12.7 Å². The molecule has 0 aromatic carbocycles. The molecule has 19 heavy (non-hydrogen) atoms. The van der Waals surface area contributed by atoms with Crippen molar-refractivity contribution in [2.24, 2.45) is 17.1 Å². The Morgan fingerprint density at radius 3 is 2.79 bits per heavy atom. The Morgan fingerprint density at radius 2 is 2.26 bits per heavy atom. The first kappa shape index (κ1) is 14.4. The lowest BCUT2D eigenvalue weighted by molar-refractivity contribution is 0.537. The van der Waals surface area contributed by atoms with Crippen molar-refractivity contribution in [2.75, 3.05) is 6.54 Å². The Labute approximate surface area is 118 Å². The van der Waals surface area contributed by atoms with Gasteiger partial charge in [-0.25, -0.2) is 13.1 Å². The van der Waals surface area contributed by atoms with Crippen LogP contribution in [0.15, 0.2) is 23.2 Å². The predicted octanol–water partition coefficient (Wildman–Crippen LogP) is 1.04. The van der Waals surface area contributed by atoms with Gasteiger partial charge in [-0.15, -0.1) is 0 Å². The van der Waals surface area contributed by atoms with Gasteiger partial charge >= 0.3 is 0 Å². The second-order valence-electron chi connectivity index (χ2n) is 5.46. The maximum absolute atomic E-state index is 12.2. The normalized spacial score (nSPS) is 21.1. The van der Waals surface area contributed by atoms with Crippen LogP contribution in [0.25, 0.3) is 0 Å². The molecule has 1 aliphatic carbocycles. The number of nitrogens with one attached hydrogen (secondary N) is 1. The van der Waals surface area contributed by atoms with Crippen molar-refractivity contribution in [1.29, 1.82) is 0 Å². The molecule has 7 heteroatoms. The standard InChI is InChI=1S/C12H17N3O2S2/c1-12(2)6-8(12)7-15-19(16,17)9-4-3-5-14-10(9)11(13)18/h3-5,8,15H,6-7H2,1-2H3,(H2,13,18). The molecule has 1 aromatic rings. The van der Waals surface area contributed by atoms with Crippen molar-refractivity contribution in [3.05, 3.63) is 24.0 Å². The summed E-state index contributed by atoms with van der Waals surface area (Å²) >= 11 is 4.83. The first-order chi connectivity index (χ1) is 8.74. The van der Waals surface area contributed by atoms with Crippen molar-refractivity contribution in [1.82, 2.24) is 9.71 Å². The van der Waals surface area contributed by atoms with Crippen LogP contribution in [-0.4, -0.2) is 24.9 Å². The molecule has 2 rings (SSSR count). The maximum Gasteiger partial charge on any atom is 0.242 e. The summed E-state index contributed by atoms with van der Waals surface area (Å²) in [6.07, 6.45) is 2.50. The lowest BCUT2D eigenvalue weighted by Crippen LogP contribution is -2.29. The van der Waals surface area contributed by atoms with Crippen LogP contribution in [0.2, 0.25) is 0 Å². The van der Waals surface area contributed by atoms with Crippen molar-refractivity contribution in [3.8, 4) is 0 Å². The van der Waals surface area contributed by atoms with Crippen molar-refractivity contribution >= 4 is 27.2 Å². The van der Waals surface area contributed by atoms with E-state index < -0.39 is 10.0 Å². The van der Waals surface area contributed by atoms with Gasteiger partial charge < -0.3 is 5.73 Å². The highest BCUT2D eigenvalue weighted by atomic mass is 32.2. The van der Waals surface area contributed by atoms with Gasteiger partial charge in [0.2, 0.25) is 10.0 Å². The highest BCUT2D eigenvalue weighted by Gasteiger charge is 2.45. The number of nitrogens with zero attached hydrogens (tertiary/aromatic N) is 1. The summed E-state index contributed by atoms with van der Waals surface area (Å²) < 4.78 is 27.1. The molecular formula is C12H17N3O2S2. The van der Waals surface area contributed by atoms with Crippen LogP contribution in [0.4, 0.5) is 0 Å². The summed E-state index contributed by atoms with van der Waals surface area (Å²) in [6, 6.07) is 3.01. The summed E-state index contributed by atoms with van der Waals surface area (Å²) in [5, 5.41) is 0. The number of rotatable bonds is 5. The number of hydrogen-bond acceptors (Lipinski definition) is 4. The zero-order valence-corrected chi connectivity index (χ0v) is 12.5. The molecule has 1 heterocycles. The highest BCUT2D eigenvalue weighted by molar-refractivity contribution is 7.89. The summed E-state index contributed by atoms with van der Waals surface area (Å²) in [7, 11) is -3.62. The van der Waals surface area contributed by atoms with Crippen LogP contribution in [0.3, 0.4) is 0 Å². The van der Waals surface area contributed by atoms with Gasteiger partial charge in [-0.3, -0.25) is 4.98 Å². The fourth-order valence-electron chi connectivity index (χ4n) is 2.01. The van der Waals surface area contributed by atoms with E-state index in [1.807, 2.05) is 0 Å². The molecule has 1 unspecified atom stereocenters. The topological polar surface area (TPSA) is 85.1 Å². The first-order valence-electron chi connectivity index (χ1n) is 5.98. The number of thiocarbonyl (C=S) groups is 1. The second-order valence-corrected chi connectivity index (χ2v) is 7.63. The van der Waals surface area contributed by atoms with E-state index in [1.54, 1.807) is 6.07 Å². The van der Waals surface area contributed by atoms with E-state index in [0.29, 0.717) is 12.5 Å². The van der Waals surface area contributed by atoms with E-state index in [0.717, 1.165) is 6.42 Å². The third-order valence-electron chi connectivity index (χ3n) is 3.53. The largest absolute Gasteiger partial charge is 0.388 e. The van der Waals surface area contributed by atoms with E-state index in [9.17, 15) is 8.42 Å². The average Bonchev–Trinajstić information content (AvgIpc) is 2.95. The lowest BCUT2D eigenvalue weighted by atomic mass is 10.1. The molecule has 1 fully saturated rings. The molecule has 1 atom stereocenters. The van der Waals surface area contributed by atoms with Gasteiger partial charge in [0.05, 0.1) is 0 Å². The Morgan fingerprint density at radius 1 is 1.63 bits per heavy atom. The number of sulfonamides is 1. The molecule has 0 spiro atoms. The molecule has 0 bridgehead atoms. The molecule has 104 valence electrons. The number of nitrogens with two attached hydrogens (primary N) is 1. The van der Waals surface area contributed by atoms with Crippen LogP contribution in [-0.2, 0) is 10.0 Å². The first-order valence-corrected chi connectivity index (χ1v) is 7.88. The molecule has 3 N–H and O–H groups in total. The van der Waals surface area contributed by atoms with Gasteiger partial charge in [0.1, 0.15) is 15.6 Å². The third-order valence-corrected chi connectivity index (χ3v) is 5.18. The fraction of sp³-hybridized carbons (Fsp3) is 0.500. The van der Waals surface area contributed by atoms with Gasteiger partial charge in [-0.2, -0.15) is 0 Å². The second kappa shape index (κ2) is 4.81. The van der Waals surface area contributed by atoms with Crippen LogP contribution < -0.4 is 10.5 Å². The van der Waals surface area contributed by atoms with Crippen LogP contribution in [0, 0.1) is 11.3 Å². The molecule has 0 saturated heterocycles. The van der Waals surface area contributed by atoms with Crippen LogP contribution in [0.5, 0.6) is 0 Å². The summed E-state index contributed by atoms with van der Waals surface area (Å²) in [6.45, 7) is 4.67. The van der Waals surface area contributed by atoms with Crippen molar-refractivity contribution < 1.29 is 8.42 Å². The number of hydrogen-bond donors (Lipinski definition) is 2. The van der Waals surface area contributed by atoms with Crippen molar-refractivity contribution in [3.63, 3.8) is 0 Å². The average molecular weight is 299 g/mol. The van der Waals surface area contributed by atoms with Gasteiger partial charge in [-0.1, -0.05) is 26.1 Å². The van der Waals surface area contributed by atoms with Gasteiger partial charge in [0.25, 0.3) is 0 Å². The molecular weight excluding hydrogens is 282 g/mol. The fourth-order valence-corrected chi connectivity index (χ4v) is 3.48. The number of pyridine rings is 1. The van der Waals surface area contributed by atoms with E-state index in [-0.39, 0.29) is 21.0 Å². The molecule has 1 saturated carbocycles. The SMILES string of the molecule is CC1(C)CC1CNS(=O)(=O)c1cccnc1C(N)=S. The zero-order valence-electron chi connectivity index (χ0n) is 10.9. The van der Waals surface area contributed by atoms with Gasteiger partial charge in [0.15, 0.2) is 0 Å². The van der Waals surface area contributed by atoms with Crippen molar-refractivity contribution in [2.45, 2.75) is 25.2 Å². The highest BCUT2D eigenvalue weighted by Crippen LogP contribution is 2.51. The zero-order chi connectivity index (χ0) is 14.3. The van der Waals surface area contributed by atoms with E-state index >= 15 is 0 Å². The Bertz CT molecular complexity index is 611. The Hall–Kier alpha value is -1.05. The Balaban J connectivity index is 2.18. The molecule has 5 nitrogen and oxygen atoms in total. The third kappa shape index (κ3) is 3.10. The van der Waals surface area contributed by atoms with E-state index in [1.165, 1.54) is 12.3 Å².